The summed E-state index contributed by atoms with van der Waals surface area (Å²) in [4.78, 5) is 11.5. The van der Waals surface area contributed by atoms with Crippen molar-refractivity contribution in [2.24, 2.45) is 0 Å². The predicted octanol–water partition coefficient (Wildman–Crippen LogP) is 0.499. The molecular formula is C12H14N4O3S. The Morgan fingerprint density at radius 2 is 2.10 bits per heavy atom. The summed E-state index contributed by atoms with van der Waals surface area (Å²) >= 11 is 0. The van der Waals surface area contributed by atoms with Gasteiger partial charge in [0.25, 0.3) is 10.0 Å². The molecular weight excluding hydrogens is 280 g/mol. The van der Waals surface area contributed by atoms with Crippen LogP contribution in [0.1, 0.15) is 5.56 Å². The van der Waals surface area contributed by atoms with Crippen molar-refractivity contribution in [2.45, 2.75) is 11.3 Å². The van der Waals surface area contributed by atoms with Crippen molar-refractivity contribution >= 4 is 21.6 Å². The number of amides is 1. The SMILES string of the molecule is CNC(=O)Cc1ccccc1NS(=O)(=O)c1cn[nH]c1. The van der Waals surface area contributed by atoms with Gasteiger partial charge >= 0.3 is 0 Å². The van der Waals surface area contributed by atoms with Gasteiger partial charge in [-0.2, -0.15) is 5.10 Å². The van der Waals surface area contributed by atoms with Crippen LogP contribution >= 0.6 is 0 Å². The number of nitrogens with zero attached hydrogens (tertiary/aromatic N) is 1. The van der Waals surface area contributed by atoms with Crippen LogP contribution in [0, 0.1) is 0 Å². The van der Waals surface area contributed by atoms with E-state index < -0.39 is 10.0 Å². The number of likely N-dealkylation sites (N-methyl/N-ethyl adjacent to an activating group) is 1. The second-order valence-corrected chi connectivity index (χ2v) is 5.73. The summed E-state index contributed by atoms with van der Waals surface area (Å²) in [6, 6.07) is 6.74. The number of carbonyl (C=O) groups is 1. The predicted molar refractivity (Wildman–Crippen MR) is 73.6 cm³/mol. The van der Waals surface area contributed by atoms with Gasteiger partial charge in [0.2, 0.25) is 5.91 Å². The topological polar surface area (TPSA) is 104 Å². The summed E-state index contributed by atoms with van der Waals surface area (Å²) in [5.74, 6) is -0.194. The van der Waals surface area contributed by atoms with Crippen molar-refractivity contribution in [3.8, 4) is 0 Å². The van der Waals surface area contributed by atoms with Crippen LogP contribution in [0.25, 0.3) is 0 Å². The van der Waals surface area contributed by atoms with Gasteiger partial charge in [-0.3, -0.25) is 14.6 Å². The summed E-state index contributed by atoms with van der Waals surface area (Å²) in [7, 11) is -2.18. The molecule has 0 aliphatic heterocycles. The zero-order chi connectivity index (χ0) is 14.6. The largest absolute Gasteiger partial charge is 0.359 e. The third-order valence-electron chi connectivity index (χ3n) is 2.67. The average molecular weight is 294 g/mol. The van der Waals surface area contributed by atoms with Crippen molar-refractivity contribution < 1.29 is 13.2 Å². The van der Waals surface area contributed by atoms with E-state index in [0.29, 0.717) is 11.3 Å². The fraction of sp³-hybridized carbons (Fsp3) is 0.167. The van der Waals surface area contributed by atoms with Crippen LogP contribution in [0.3, 0.4) is 0 Å². The highest BCUT2D eigenvalue weighted by Crippen LogP contribution is 2.19. The van der Waals surface area contributed by atoms with Gasteiger partial charge in [0.1, 0.15) is 4.90 Å². The number of para-hydroxylation sites is 1. The summed E-state index contributed by atoms with van der Waals surface area (Å²) in [6.07, 6.45) is 2.59. The van der Waals surface area contributed by atoms with Crippen LogP contribution in [-0.2, 0) is 21.2 Å². The lowest BCUT2D eigenvalue weighted by Crippen LogP contribution is -2.21. The van der Waals surface area contributed by atoms with Gasteiger partial charge in [-0.15, -0.1) is 0 Å². The van der Waals surface area contributed by atoms with Crippen molar-refractivity contribution in [3.05, 3.63) is 42.2 Å². The third-order valence-corrected chi connectivity index (χ3v) is 4.01. The molecule has 2 aromatic rings. The molecule has 1 heterocycles. The maximum absolute atomic E-state index is 12.1. The van der Waals surface area contributed by atoms with E-state index in [4.69, 9.17) is 0 Å². The Morgan fingerprint density at radius 1 is 1.35 bits per heavy atom. The molecule has 0 radical (unpaired) electrons. The number of H-pyrrole nitrogens is 1. The summed E-state index contributed by atoms with van der Waals surface area (Å²) in [6.45, 7) is 0. The standard InChI is InChI=1S/C12H14N4O3S/c1-13-12(17)6-9-4-2-3-5-11(9)16-20(18,19)10-7-14-15-8-10/h2-5,7-8,16H,6H2,1H3,(H,13,17)(H,14,15). The molecule has 8 heteroatoms. The molecule has 0 fully saturated rings. The van der Waals surface area contributed by atoms with Gasteiger partial charge in [-0.05, 0) is 11.6 Å². The minimum absolute atomic E-state index is 0.0345. The number of sulfonamides is 1. The average Bonchev–Trinajstić information content (AvgIpc) is 2.95. The number of aromatic amines is 1. The Labute approximate surface area is 116 Å². The quantitative estimate of drug-likeness (QED) is 0.747. The molecule has 1 aromatic carbocycles. The minimum Gasteiger partial charge on any atom is -0.359 e. The second kappa shape index (κ2) is 5.74. The van der Waals surface area contributed by atoms with Crippen molar-refractivity contribution in [1.29, 1.82) is 0 Å². The summed E-state index contributed by atoms with van der Waals surface area (Å²) in [5, 5.41) is 8.55. The number of hydrogen-bond donors (Lipinski definition) is 3. The molecule has 0 spiro atoms. The molecule has 7 nitrogen and oxygen atoms in total. The molecule has 0 saturated carbocycles. The van der Waals surface area contributed by atoms with Crippen LogP contribution in [-0.4, -0.2) is 31.6 Å². The minimum atomic E-state index is -3.71. The lowest BCUT2D eigenvalue weighted by molar-refractivity contribution is -0.119. The highest BCUT2D eigenvalue weighted by Gasteiger charge is 2.17. The normalized spacial score (nSPS) is 11.1. The smallest absolute Gasteiger partial charge is 0.265 e. The fourth-order valence-electron chi connectivity index (χ4n) is 1.63. The van der Waals surface area contributed by atoms with Crippen LogP contribution in [0.4, 0.5) is 5.69 Å². The lowest BCUT2D eigenvalue weighted by atomic mass is 10.1. The summed E-state index contributed by atoms with van der Waals surface area (Å²) in [5.41, 5.74) is 0.969. The molecule has 0 aliphatic carbocycles. The Hall–Kier alpha value is -2.35. The first kappa shape index (κ1) is 14.1. The van der Waals surface area contributed by atoms with Crippen LogP contribution in [0.5, 0.6) is 0 Å². The van der Waals surface area contributed by atoms with Crippen molar-refractivity contribution in [1.82, 2.24) is 15.5 Å². The van der Waals surface area contributed by atoms with Crippen molar-refractivity contribution in [3.63, 3.8) is 0 Å². The Balaban J connectivity index is 2.28. The van der Waals surface area contributed by atoms with Gasteiger partial charge in [0.15, 0.2) is 0 Å². The first-order valence-corrected chi connectivity index (χ1v) is 7.31. The van der Waals surface area contributed by atoms with Crippen LogP contribution in [0.15, 0.2) is 41.6 Å². The molecule has 3 N–H and O–H groups in total. The highest BCUT2D eigenvalue weighted by molar-refractivity contribution is 7.92. The van der Waals surface area contributed by atoms with E-state index in [2.05, 4.69) is 20.2 Å². The second-order valence-electron chi connectivity index (χ2n) is 4.05. The maximum Gasteiger partial charge on any atom is 0.265 e. The summed E-state index contributed by atoms with van der Waals surface area (Å²) < 4.78 is 26.6. The van der Waals surface area contributed by atoms with Gasteiger partial charge in [0.05, 0.1) is 18.3 Å². The zero-order valence-corrected chi connectivity index (χ0v) is 11.6. The number of rotatable bonds is 5. The van der Waals surface area contributed by atoms with E-state index in [-0.39, 0.29) is 17.2 Å². The lowest BCUT2D eigenvalue weighted by Gasteiger charge is -2.11. The fourth-order valence-corrected chi connectivity index (χ4v) is 2.63. The molecule has 106 valence electrons. The van der Waals surface area contributed by atoms with Gasteiger partial charge in [-0.25, -0.2) is 8.42 Å². The highest BCUT2D eigenvalue weighted by atomic mass is 32.2. The molecule has 0 saturated heterocycles. The molecule has 0 unspecified atom stereocenters. The van der Waals surface area contributed by atoms with E-state index >= 15 is 0 Å². The molecule has 2 rings (SSSR count). The molecule has 0 bridgehead atoms. The maximum atomic E-state index is 12.1. The molecule has 1 amide bonds. The Morgan fingerprint density at radius 3 is 2.75 bits per heavy atom. The molecule has 1 aromatic heterocycles. The van der Waals surface area contributed by atoms with Crippen LogP contribution in [0.2, 0.25) is 0 Å². The van der Waals surface area contributed by atoms with E-state index in [1.165, 1.54) is 19.4 Å². The van der Waals surface area contributed by atoms with E-state index in [0.717, 1.165) is 0 Å². The number of aromatic nitrogens is 2. The number of carbonyl (C=O) groups excluding carboxylic acids is 1. The number of hydrogen-bond acceptors (Lipinski definition) is 4. The van der Waals surface area contributed by atoms with Gasteiger partial charge in [-0.1, -0.05) is 18.2 Å². The monoisotopic (exact) mass is 294 g/mol. The van der Waals surface area contributed by atoms with Crippen LogP contribution < -0.4 is 10.0 Å². The zero-order valence-electron chi connectivity index (χ0n) is 10.8. The first-order chi connectivity index (χ1) is 9.53. The Bertz CT molecular complexity index is 695. The van der Waals surface area contributed by atoms with Gasteiger partial charge < -0.3 is 5.32 Å². The molecule has 0 aliphatic rings. The van der Waals surface area contributed by atoms with Crippen molar-refractivity contribution in [2.75, 3.05) is 11.8 Å². The third kappa shape index (κ3) is 3.15. The molecule has 20 heavy (non-hydrogen) atoms. The molecule has 0 atom stereocenters. The van der Waals surface area contributed by atoms with E-state index in [1.54, 1.807) is 24.3 Å². The number of nitrogens with one attached hydrogen (secondary N) is 3. The first-order valence-electron chi connectivity index (χ1n) is 5.83. The number of benzene rings is 1. The van der Waals surface area contributed by atoms with Gasteiger partial charge in [0, 0.05) is 13.2 Å². The van der Waals surface area contributed by atoms with E-state index in [1.807, 2.05) is 0 Å². The number of anilines is 1. The Kier molecular flexibility index (Phi) is 4.04. The van der Waals surface area contributed by atoms with E-state index in [9.17, 15) is 13.2 Å².